The molecule has 0 saturated carbocycles. The van der Waals surface area contributed by atoms with Crippen molar-refractivity contribution in [2.75, 3.05) is 20.8 Å². The second-order valence-corrected chi connectivity index (χ2v) is 7.19. The number of hydrogen-bond donors (Lipinski definition) is 0. The van der Waals surface area contributed by atoms with Crippen molar-refractivity contribution in [1.82, 2.24) is 4.90 Å². The van der Waals surface area contributed by atoms with E-state index in [1.54, 1.807) is 19.2 Å². The fourth-order valence-electron chi connectivity index (χ4n) is 3.43. The fraction of sp³-hybridized carbons (Fsp3) is 0.409. The number of carbonyl (C=O) groups is 1. The zero-order valence-corrected chi connectivity index (χ0v) is 16.4. The van der Waals surface area contributed by atoms with Crippen molar-refractivity contribution in [2.24, 2.45) is 5.92 Å². The molecule has 0 amide bonds. The van der Waals surface area contributed by atoms with E-state index >= 15 is 0 Å². The summed E-state index contributed by atoms with van der Waals surface area (Å²) in [5, 5.41) is 0. The minimum atomic E-state index is -0.346. The van der Waals surface area contributed by atoms with Gasteiger partial charge in [-0.25, -0.2) is 4.79 Å². The van der Waals surface area contributed by atoms with Crippen LogP contribution >= 0.6 is 0 Å². The molecule has 1 unspecified atom stereocenters. The molecular formula is C22H27NO4. The van der Waals surface area contributed by atoms with Gasteiger partial charge in [-0.15, -0.1) is 0 Å². The first-order valence-corrected chi connectivity index (χ1v) is 9.23. The molecular weight excluding hydrogens is 342 g/mol. The molecule has 144 valence electrons. The number of ether oxygens (including phenoxy) is 3. The van der Waals surface area contributed by atoms with E-state index in [1.165, 1.54) is 12.7 Å². The van der Waals surface area contributed by atoms with Crippen molar-refractivity contribution in [1.29, 1.82) is 0 Å². The summed E-state index contributed by atoms with van der Waals surface area (Å²) in [5.41, 5.74) is 2.83. The summed E-state index contributed by atoms with van der Waals surface area (Å²) < 4.78 is 16.2. The van der Waals surface area contributed by atoms with Crippen molar-refractivity contribution in [3.8, 4) is 11.5 Å². The van der Waals surface area contributed by atoms with Crippen LogP contribution in [0.1, 0.15) is 35.3 Å². The number of esters is 1. The third kappa shape index (κ3) is 4.42. The van der Waals surface area contributed by atoms with Gasteiger partial charge in [0.25, 0.3) is 0 Å². The third-order valence-corrected chi connectivity index (χ3v) is 5.05. The summed E-state index contributed by atoms with van der Waals surface area (Å²) in [6, 6.07) is 14.0. The van der Waals surface area contributed by atoms with E-state index in [2.05, 4.69) is 30.9 Å². The normalized spacial score (nSPS) is 17.0. The lowest BCUT2D eigenvalue weighted by Gasteiger charge is -2.32. The molecule has 1 aliphatic heterocycles. The lowest BCUT2D eigenvalue weighted by molar-refractivity contribution is 0.0600. The van der Waals surface area contributed by atoms with Gasteiger partial charge >= 0.3 is 5.97 Å². The molecule has 2 aromatic carbocycles. The monoisotopic (exact) mass is 369 g/mol. The molecule has 0 aromatic heterocycles. The zero-order valence-electron chi connectivity index (χ0n) is 16.4. The highest BCUT2D eigenvalue weighted by Gasteiger charge is 2.28. The minimum absolute atomic E-state index is 0.279. The number of fused-ring (bicyclic) bond motifs is 1. The van der Waals surface area contributed by atoms with Crippen molar-refractivity contribution < 1.29 is 19.0 Å². The largest absolute Gasteiger partial charge is 0.497 e. The van der Waals surface area contributed by atoms with E-state index in [4.69, 9.17) is 14.2 Å². The van der Waals surface area contributed by atoms with E-state index in [-0.39, 0.29) is 12.0 Å². The number of hydrogen-bond acceptors (Lipinski definition) is 5. The average Bonchev–Trinajstić information content (AvgIpc) is 2.86. The van der Waals surface area contributed by atoms with Crippen LogP contribution in [0.25, 0.3) is 0 Å². The van der Waals surface area contributed by atoms with Gasteiger partial charge in [0, 0.05) is 24.7 Å². The Morgan fingerprint density at radius 2 is 1.93 bits per heavy atom. The molecule has 0 bridgehead atoms. The Balaban J connectivity index is 1.85. The lowest BCUT2D eigenvalue weighted by atomic mass is 10.0. The molecule has 27 heavy (non-hydrogen) atoms. The number of methoxy groups -OCH3 is 2. The Kier molecular flexibility index (Phi) is 6.01. The maximum Gasteiger partial charge on any atom is 0.337 e. The van der Waals surface area contributed by atoms with Crippen LogP contribution in [0.2, 0.25) is 0 Å². The number of nitrogens with zero attached hydrogens (tertiary/aromatic N) is 1. The summed E-state index contributed by atoms with van der Waals surface area (Å²) in [6.07, 6.45) is 0. The van der Waals surface area contributed by atoms with E-state index in [1.807, 2.05) is 18.2 Å². The fourth-order valence-corrected chi connectivity index (χ4v) is 3.43. The van der Waals surface area contributed by atoms with Crippen molar-refractivity contribution in [3.63, 3.8) is 0 Å². The highest BCUT2D eigenvalue weighted by Crippen LogP contribution is 2.30. The summed E-state index contributed by atoms with van der Waals surface area (Å²) in [6.45, 7) is 6.61. The number of carbonyl (C=O) groups excluding carboxylic acids is 1. The van der Waals surface area contributed by atoms with Gasteiger partial charge in [0.05, 0.1) is 19.8 Å². The zero-order chi connectivity index (χ0) is 19.4. The molecule has 2 aromatic rings. The van der Waals surface area contributed by atoms with E-state index < -0.39 is 0 Å². The molecule has 0 fully saturated rings. The van der Waals surface area contributed by atoms with Crippen molar-refractivity contribution in [3.05, 3.63) is 59.2 Å². The van der Waals surface area contributed by atoms with E-state index in [9.17, 15) is 4.79 Å². The van der Waals surface area contributed by atoms with Gasteiger partial charge in [-0.1, -0.05) is 32.0 Å². The van der Waals surface area contributed by atoms with Crippen LogP contribution in [-0.2, 0) is 17.8 Å². The van der Waals surface area contributed by atoms with Crippen LogP contribution in [0.5, 0.6) is 11.5 Å². The predicted molar refractivity (Wildman–Crippen MR) is 104 cm³/mol. The van der Waals surface area contributed by atoms with Gasteiger partial charge in [-0.2, -0.15) is 0 Å². The van der Waals surface area contributed by atoms with Gasteiger partial charge in [-0.05, 0) is 35.7 Å². The molecule has 3 rings (SSSR count). The van der Waals surface area contributed by atoms with Gasteiger partial charge in [0.2, 0.25) is 0 Å². The van der Waals surface area contributed by atoms with Gasteiger partial charge in [0.15, 0.2) is 0 Å². The van der Waals surface area contributed by atoms with Crippen LogP contribution in [0, 0.1) is 5.92 Å². The van der Waals surface area contributed by atoms with Crippen LogP contribution in [0.3, 0.4) is 0 Å². The Morgan fingerprint density at radius 1 is 1.19 bits per heavy atom. The summed E-state index contributed by atoms with van der Waals surface area (Å²) in [4.78, 5) is 14.3. The van der Waals surface area contributed by atoms with E-state index in [0.717, 1.165) is 30.2 Å². The molecule has 1 heterocycles. The first-order valence-electron chi connectivity index (χ1n) is 9.23. The molecule has 1 atom stereocenters. The third-order valence-electron chi connectivity index (χ3n) is 5.05. The van der Waals surface area contributed by atoms with Crippen LogP contribution < -0.4 is 9.47 Å². The van der Waals surface area contributed by atoms with E-state index in [0.29, 0.717) is 18.1 Å². The lowest BCUT2D eigenvalue weighted by Crippen LogP contribution is -2.40. The van der Waals surface area contributed by atoms with Crippen LogP contribution in [0.4, 0.5) is 0 Å². The second kappa shape index (κ2) is 8.44. The van der Waals surface area contributed by atoms with Gasteiger partial charge in [0.1, 0.15) is 18.1 Å². The van der Waals surface area contributed by atoms with Crippen molar-refractivity contribution >= 4 is 5.97 Å². The smallest absolute Gasteiger partial charge is 0.337 e. The Labute approximate surface area is 160 Å². The topological polar surface area (TPSA) is 48.0 Å². The first kappa shape index (κ1) is 19.2. The van der Waals surface area contributed by atoms with Crippen molar-refractivity contribution in [2.45, 2.75) is 33.0 Å². The summed E-state index contributed by atoms with van der Waals surface area (Å²) >= 11 is 0. The standard InChI is InChI=1S/C22H27NO4/c1-15(2)20-14-27-21-11-17(22(24)26-4)7-8-18(21)13-23(20)12-16-5-9-19(25-3)10-6-16/h5-11,15,20H,12-14H2,1-4H3. The molecule has 0 radical (unpaired) electrons. The number of rotatable bonds is 5. The second-order valence-electron chi connectivity index (χ2n) is 7.19. The van der Waals surface area contributed by atoms with Gasteiger partial charge in [-0.3, -0.25) is 4.90 Å². The maximum absolute atomic E-state index is 11.8. The molecule has 0 N–H and O–H groups in total. The number of benzene rings is 2. The molecule has 5 nitrogen and oxygen atoms in total. The highest BCUT2D eigenvalue weighted by molar-refractivity contribution is 5.89. The average molecular weight is 369 g/mol. The molecule has 0 saturated heterocycles. The summed E-state index contributed by atoms with van der Waals surface area (Å²) in [5.74, 6) is 1.72. The van der Waals surface area contributed by atoms with Gasteiger partial charge < -0.3 is 14.2 Å². The molecule has 0 aliphatic carbocycles. The summed E-state index contributed by atoms with van der Waals surface area (Å²) in [7, 11) is 3.07. The maximum atomic E-state index is 11.8. The Morgan fingerprint density at radius 3 is 2.56 bits per heavy atom. The minimum Gasteiger partial charge on any atom is -0.497 e. The predicted octanol–water partition coefficient (Wildman–Crippen LogP) is 3.90. The van der Waals surface area contributed by atoms with Crippen LogP contribution in [-0.4, -0.2) is 37.7 Å². The molecule has 1 aliphatic rings. The quantitative estimate of drug-likeness (QED) is 0.748. The highest BCUT2D eigenvalue weighted by atomic mass is 16.5. The Bertz CT molecular complexity index is 785. The molecule has 5 heteroatoms. The first-order chi connectivity index (χ1) is 13.0. The SMILES string of the molecule is COC(=O)c1ccc2c(c1)OCC(C(C)C)N(Cc1ccc(OC)cc1)C2. The Hall–Kier alpha value is -2.53. The molecule has 0 spiro atoms. The van der Waals surface area contributed by atoms with Crippen LogP contribution in [0.15, 0.2) is 42.5 Å².